The average molecular weight is 298 g/mol. The van der Waals surface area contributed by atoms with Crippen LogP contribution in [-0.4, -0.2) is 36.4 Å². The van der Waals surface area contributed by atoms with Gasteiger partial charge in [-0.25, -0.2) is 9.97 Å². The predicted octanol–water partition coefficient (Wildman–Crippen LogP) is 1.24. The van der Waals surface area contributed by atoms with E-state index in [2.05, 4.69) is 9.97 Å². The highest BCUT2D eigenvalue weighted by Gasteiger charge is 2.62. The number of aliphatic hydroxyl groups is 4. The second-order valence-electron chi connectivity index (χ2n) is 6.08. The molecule has 1 heterocycles. The lowest BCUT2D eigenvalue weighted by molar-refractivity contribution is -0.408. The fourth-order valence-corrected chi connectivity index (χ4v) is 2.51. The van der Waals surface area contributed by atoms with Crippen molar-refractivity contribution < 1.29 is 20.4 Å². The van der Waals surface area contributed by atoms with E-state index in [0.717, 1.165) is 5.56 Å². The molecule has 1 aliphatic rings. The SMILES string of the molecule is CC.CC(C)c1cnc(C2(O)CC(C)(C(O)(O)O)C2)nc1. The molecular weight excluding hydrogens is 272 g/mol. The fourth-order valence-electron chi connectivity index (χ4n) is 2.51. The van der Waals surface area contributed by atoms with E-state index in [1.54, 1.807) is 12.4 Å². The van der Waals surface area contributed by atoms with Crippen molar-refractivity contribution in [3.8, 4) is 0 Å². The van der Waals surface area contributed by atoms with Gasteiger partial charge in [0.1, 0.15) is 5.60 Å². The van der Waals surface area contributed by atoms with Gasteiger partial charge in [0, 0.05) is 12.4 Å². The standard InChI is InChI=1S/C13H20N2O4.C2H6/c1-8(2)9-4-14-10(15-5-9)12(16)6-11(3,7-12)13(17,18)19;1-2/h4-5,8,16-19H,6-7H2,1-3H3;1-2H3. The zero-order valence-electron chi connectivity index (χ0n) is 13.3. The molecular formula is C15H26N2O4. The first-order chi connectivity index (χ1) is 9.57. The topological polar surface area (TPSA) is 107 Å². The third-order valence-electron chi connectivity index (χ3n) is 3.93. The normalized spacial score (nSPS) is 28.7. The van der Waals surface area contributed by atoms with E-state index < -0.39 is 17.0 Å². The molecule has 0 saturated heterocycles. The average Bonchev–Trinajstić information content (AvgIpc) is 2.38. The molecule has 0 bridgehead atoms. The molecule has 4 N–H and O–H groups in total. The highest BCUT2D eigenvalue weighted by atomic mass is 16.7. The number of nitrogens with zero attached hydrogens (tertiary/aromatic N) is 2. The van der Waals surface area contributed by atoms with Crippen molar-refractivity contribution >= 4 is 0 Å². The molecule has 1 fully saturated rings. The summed E-state index contributed by atoms with van der Waals surface area (Å²) in [6, 6.07) is 0. The minimum absolute atomic E-state index is 0.00940. The second-order valence-corrected chi connectivity index (χ2v) is 6.08. The molecule has 21 heavy (non-hydrogen) atoms. The Labute approximate surface area is 125 Å². The Morgan fingerprint density at radius 1 is 1.10 bits per heavy atom. The smallest absolute Gasteiger partial charge is 0.281 e. The molecule has 1 aromatic rings. The summed E-state index contributed by atoms with van der Waals surface area (Å²) in [7, 11) is 0. The van der Waals surface area contributed by atoms with Crippen LogP contribution >= 0.6 is 0 Å². The fraction of sp³-hybridized carbons (Fsp3) is 0.733. The first-order valence-electron chi connectivity index (χ1n) is 7.29. The van der Waals surface area contributed by atoms with E-state index in [-0.39, 0.29) is 18.7 Å². The Bertz CT molecular complexity index is 460. The predicted molar refractivity (Wildman–Crippen MR) is 78.1 cm³/mol. The number of hydrogen-bond donors (Lipinski definition) is 4. The molecule has 1 aliphatic carbocycles. The Morgan fingerprint density at radius 3 is 1.86 bits per heavy atom. The van der Waals surface area contributed by atoms with E-state index >= 15 is 0 Å². The van der Waals surface area contributed by atoms with Crippen molar-refractivity contribution in [2.24, 2.45) is 5.41 Å². The van der Waals surface area contributed by atoms with Crippen molar-refractivity contribution in [2.45, 2.75) is 65.0 Å². The van der Waals surface area contributed by atoms with Gasteiger partial charge < -0.3 is 20.4 Å². The van der Waals surface area contributed by atoms with Crippen LogP contribution in [0.4, 0.5) is 0 Å². The van der Waals surface area contributed by atoms with Gasteiger partial charge in [-0.3, -0.25) is 0 Å². The highest BCUT2D eigenvalue weighted by molar-refractivity contribution is 5.18. The lowest BCUT2D eigenvalue weighted by atomic mass is 9.58. The molecule has 0 aromatic carbocycles. The van der Waals surface area contributed by atoms with Gasteiger partial charge in [-0.05, 0) is 24.3 Å². The van der Waals surface area contributed by atoms with Crippen molar-refractivity contribution in [1.29, 1.82) is 0 Å². The molecule has 6 nitrogen and oxygen atoms in total. The van der Waals surface area contributed by atoms with Gasteiger partial charge in [-0.2, -0.15) is 0 Å². The quantitative estimate of drug-likeness (QED) is 0.626. The Hall–Kier alpha value is -1.08. The third-order valence-corrected chi connectivity index (χ3v) is 3.93. The van der Waals surface area contributed by atoms with Crippen molar-refractivity contribution in [1.82, 2.24) is 9.97 Å². The molecule has 0 radical (unpaired) electrons. The Kier molecular flexibility index (Phi) is 5.10. The Morgan fingerprint density at radius 2 is 1.52 bits per heavy atom. The molecule has 1 aromatic heterocycles. The van der Waals surface area contributed by atoms with Gasteiger partial charge in [0.25, 0.3) is 5.97 Å². The van der Waals surface area contributed by atoms with Crippen LogP contribution in [0.1, 0.15) is 64.8 Å². The van der Waals surface area contributed by atoms with Crippen LogP contribution in [0.5, 0.6) is 0 Å². The molecule has 2 rings (SSSR count). The summed E-state index contributed by atoms with van der Waals surface area (Å²) in [5.74, 6) is -2.26. The molecule has 120 valence electrons. The van der Waals surface area contributed by atoms with Gasteiger partial charge in [0.15, 0.2) is 5.82 Å². The van der Waals surface area contributed by atoms with Gasteiger partial charge in [0.05, 0.1) is 5.41 Å². The Balaban J connectivity index is 0.00000106. The van der Waals surface area contributed by atoms with Crippen LogP contribution in [0.3, 0.4) is 0 Å². The second kappa shape index (κ2) is 5.96. The summed E-state index contributed by atoms with van der Waals surface area (Å²) in [5, 5.41) is 38.1. The molecule has 0 spiro atoms. The molecule has 1 saturated carbocycles. The van der Waals surface area contributed by atoms with Crippen LogP contribution in [0.25, 0.3) is 0 Å². The maximum atomic E-state index is 10.4. The van der Waals surface area contributed by atoms with Crippen molar-refractivity contribution in [2.75, 3.05) is 0 Å². The summed E-state index contributed by atoms with van der Waals surface area (Å²) in [5.41, 5.74) is -1.53. The molecule has 0 atom stereocenters. The minimum atomic E-state index is -2.81. The van der Waals surface area contributed by atoms with E-state index in [1.165, 1.54) is 6.92 Å². The number of hydrogen-bond acceptors (Lipinski definition) is 6. The van der Waals surface area contributed by atoms with Crippen molar-refractivity contribution in [3.05, 3.63) is 23.8 Å². The summed E-state index contributed by atoms with van der Waals surface area (Å²) in [6.45, 7) is 9.53. The first kappa shape index (κ1) is 18.0. The number of rotatable bonds is 3. The number of aromatic nitrogens is 2. The third kappa shape index (κ3) is 3.40. The lowest BCUT2D eigenvalue weighted by Gasteiger charge is -2.53. The van der Waals surface area contributed by atoms with Gasteiger partial charge in [-0.15, -0.1) is 0 Å². The van der Waals surface area contributed by atoms with Gasteiger partial charge in [-0.1, -0.05) is 34.6 Å². The van der Waals surface area contributed by atoms with Crippen LogP contribution in [-0.2, 0) is 5.60 Å². The summed E-state index contributed by atoms with van der Waals surface area (Å²) in [4.78, 5) is 8.27. The highest BCUT2D eigenvalue weighted by Crippen LogP contribution is 2.56. The van der Waals surface area contributed by atoms with Gasteiger partial charge in [0.2, 0.25) is 0 Å². The summed E-state index contributed by atoms with van der Waals surface area (Å²) in [6.07, 6.45) is 3.30. The van der Waals surface area contributed by atoms with E-state index in [1.807, 2.05) is 27.7 Å². The zero-order valence-corrected chi connectivity index (χ0v) is 13.3. The summed E-state index contributed by atoms with van der Waals surface area (Å²) < 4.78 is 0. The van der Waals surface area contributed by atoms with E-state index in [0.29, 0.717) is 5.92 Å². The van der Waals surface area contributed by atoms with E-state index in [4.69, 9.17) is 0 Å². The monoisotopic (exact) mass is 298 g/mol. The largest absolute Gasteiger partial charge is 0.382 e. The van der Waals surface area contributed by atoms with E-state index in [9.17, 15) is 20.4 Å². The zero-order chi connectivity index (χ0) is 16.5. The molecule has 0 aliphatic heterocycles. The van der Waals surface area contributed by atoms with Crippen LogP contribution < -0.4 is 0 Å². The molecule has 0 unspecified atom stereocenters. The first-order valence-corrected chi connectivity index (χ1v) is 7.29. The van der Waals surface area contributed by atoms with Crippen LogP contribution in [0, 0.1) is 5.41 Å². The lowest BCUT2D eigenvalue weighted by Crippen LogP contribution is -2.60. The minimum Gasteiger partial charge on any atom is -0.382 e. The molecule has 0 amide bonds. The van der Waals surface area contributed by atoms with Crippen LogP contribution in [0.2, 0.25) is 0 Å². The summed E-state index contributed by atoms with van der Waals surface area (Å²) >= 11 is 0. The van der Waals surface area contributed by atoms with Crippen LogP contribution in [0.15, 0.2) is 12.4 Å². The van der Waals surface area contributed by atoms with Crippen molar-refractivity contribution in [3.63, 3.8) is 0 Å². The maximum absolute atomic E-state index is 10.4. The maximum Gasteiger partial charge on any atom is 0.281 e. The molecule has 6 heteroatoms. The van der Waals surface area contributed by atoms with Gasteiger partial charge >= 0.3 is 0 Å².